The van der Waals surface area contributed by atoms with Crippen LogP contribution in [0.3, 0.4) is 0 Å². The SMILES string of the molecule is CCCCOCCCCOCC(=O)SCCC. The van der Waals surface area contributed by atoms with Gasteiger partial charge < -0.3 is 9.47 Å². The van der Waals surface area contributed by atoms with E-state index >= 15 is 0 Å². The number of hydrogen-bond donors (Lipinski definition) is 0. The second kappa shape index (κ2) is 14.0. The summed E-state index contributed by atoms with van der Waals surface area (Å²) in [5.41, 5.74) is 0. The van der Waals surface area contributed by atoms with Gasteiger partial charge in [0.25, 0.3) is 0 Å². The van der Waals surface area contributed by atoms with Gasteiger partial charge in [-0.1, -0.05) is 32.0 Å². The van der Waals surface area contributed by atoms with Crippen molar-refractivity contribution in [3.63, 3.8) is 0 Å². The van der Waals surface area contributed by atoms with Crippen molar-refractivity contribution in [3.05, 3.63) is 0 Å². The summed E-state index contributed by atoms with van der Waals surface area (Å²) in [5.74, 6) is 0.896. The fraction of sp³-hybridized carbons (Fsp3) is 0.923. The van der Waals surface area contributed by atoms with Gasteiger partial charge in [-0.05, 0) is 25.7 Å². The Bertz CT molecular complexity index is 174. The second-order valence-electron chi connectivity index (χ2n) is 3.95. The van der Waals surface area contributed by atoms with Gasteiger partial charge in [0.1, 0.15) is 6.61 Å². The molecule has 0 bridgehead atoms. The zero-order valence-corrected chi connectivity index (χ0v) is 12.0. The molecular formula is C13H26O3S. The fourth-order valence-electron chi connectivity index (χ4n) is 1.17. The van der Waals surface area contributed by atoms with Crippen molar-refractivity contribution in [1.29, 1.82) is 0 Å². The lowest BCUT2D eigenvalue weighted by molar-refractivity contribution is -0.115. The lowest BCUT2D eigenvalue weighted by atomic mass is 10.3. The molecular weight excluding hydrogens is 236 g/mol. The first-order chi connectivity index (χ1) is 8.31. The first kappa shape index (κ1) is 16.9. The van der Waals surface area contributed by atoms with Crippen LogP contribution in [0.25, 0.3) is 0 Å². The van der Waals surface area contributed by atoms with Crippen molar-refractivity contribution in [2.45, 2.75) is 46.0 Å². The lowest BCUT2D eigenvalue weighted by Gasteiger charge is -2.04. The molecule has 0 radical (unpaired) electrons. The second-order valence-corrected chi connectivity index (χ2v) is 5.10. The Morgan fingerprint density at radius 2 is 1.59 bits per heavy atom. The maximum absolute atomic E-state index is 11.2. The number of carbonyl (C=O) groups is 1. The largest absolute Gasteiger partial charge is 0.381 e. The quantitative estimate of drug-likeness (QED) is 0.506. The number of carbonyl (C=O) groups excluding carboxylic acids is 1. The topological polar surface area (TPSA) is 35.5 Å². The van der Waals surface area contributed by atoms with Crippen LogP contribution in [-0.2, 0) is 14.3 Å². The summed E-state index contributed by atoms with van der Waals surface area (Å²) < 4.78 is 10.7. The molecule has 0 N–H and O–H groups in total. The van der Waals surface area contributed by atoms with Crippen LogP contribution >= 0.6 is 11.8 Å². The summed E-state index contributed by atoms with van der Waals surface area (Å²) in [6.45, 7) is 6.81. The van der Waals surface area contributed by atoms with Crippen LogP contribution in [-0.4, -0.2) is 37.3 Å². The van der Waals surface area contributed by atoms with Crippen LogP contribution < -0.4 is 0 Å². The van der Waals surface area contributed by atoms with Gasteiger partial charge >= 0.3 is 0 Å². The molecule has 0 unspecified atom stereocenters. The molecule has 0 amide bonds. The standard InChI is InChI=1S/C13H26O3S/c1-3-5-8-15-9-6-7-10-16-12-13(14)17-11-4-2/h3-12H2,1-2H3. The molecule has 0 aromatic heterocycles. The van der Waals surface area contributed by atoms with Crippen molar-refractivity contribution in [2.24, 2.45) is 0 Å². The minimum absolute atomic E-state index is 0.144. The van der Waals surface area contributed by atoms with Crippen molar-refractivity contribution >= 4 is 16.9 Å². The van der Waals surface area contributed by atoms with Gasteiger partial charge in [-0.2, -0.15) is 0 Å². The van der Waals surface area contributed by atoms with E-state index in [1.54, 1.807) is 0 Å². The molecule has 102 valence electrons. The minimum Gasteiger partial charge on any atom is -0.381 e. The molecule has 0 saturated carbocycles. The maximum atomic E-state index is 11.2. The molecule has 0 heterocycles. The molecule has 0 aromatic carbocycles. The van der Waals surface area contributed by atoms with Crippen LogP contribution in [0, 0.1) is 0 Å². The number of unbranched alkanes of at least 4 members (excludes halogenated alkanes) is 2. The maximum Gasteiger partial charge on any atom is 0.214 e. The molecule has 0 saturated heterocycles. The van der Waals surface area contributed by atoms with Crippen LogP contribution in [0.15, 0.2) is 0 Å². The normalized spacial score (nSPS) is 10.7. The Morgan fingerprint density at radius 3 is 2.24 bits per heavy atom. The fourth-order valence-corrected chi connectivity index (χ4v) is 1.77. The summed E-state index contributed by atoms with van der Waals surface area (Å²) in [6, 6.07) is 0. The van der Waals surface area contributed by atoms with Crippen LogP contribution in [0.1, 0.15) is 46.0 Å². The van der Waals surface area contributed by atoms with Gasteiger partial charge in [0, 0.05) is 25.6 Å². The zero-order chi connectivity index (χ0) is 12.8. The van der Waals surface area contributed by atoms with Gasteiger partial charge in [-0.15, -0.1) is 0 Å². The van der Waals surface area contributed by atoms with E-state index in [9.17, 15) is 4.79 Å². The summed E-state index contributed by atoms with van der Waals surface area (Å²) in [4.78, 5) is 11.2. The van der Waals surface area contributed by atoms with Gasteiger partial charge in [-0.3, -0.25) is 4.79 Å². The molecule has 0 rings (SSSR count). The number of hydrogen-bond acceptors (Lipinski definition) is 4. The highest BCUT2D eigenvalue weighted by Crippen LogP contribution is 2.04. The van der Waals surface area contributed by atoms with E-state index in [1.807, 2.05) is 0 Å². The van der Waals surface area contributed by atoms with Crippen molar-refractivity contribution in [1.82, 2.24) is 0 Å². The predicted molar refractivity (Wildman–Crippen MR) is 73.5 cm³/mol. The average Bonchev–Trinajstić information content (AvgIpc) is 2.34. The minimum atomic E-state index is 0.144. The lowest BCUT2D eigenvalue weighted by Crippen LogP contribution is -2.07. The molecule has 0 aliphatic rings. The molecule has 0 spiro atoms. The van der Waals surface area contributed by atoms with E-state index in [0.29, 0.717) is 6.61 Å². The Balaban J connectivity index is 3.05. The van der Waals surface area contributed by atoms with Gasteiger partial charge in [0.15, 0.2) is 0 Å². The third-order valence-electron chi connectivity index (χ3n) is 2.16. The highest BCUT2D eigenvalue weighted by atomic mass is 32.2. The summed E-state index contributed by atoms with van der Waals surface area (Å²) in [7, 11) is 0. The smallest absolute Gasteiger partial charge is 0.214 e. The Labute approximate surface area is 110 Å². The van der Waals surface area contributed by atoms with Gasteiger partial charge in [0.2, 0.25) is 5.12 Å². The zero-order valence-electron chi connectivity index (χ0n) is 11.2. The molecule has 4 heteroatoms. The van der Waals surface area contributed by atoms with E-state index in [0.717, 1.165) is 44.6 Å². The molecule has 0 atom stereocenters. The summed E-state index contributed by atoms with van der Waals surface area (Å²) in [5, 5.41) is 0.144. The summed E-state index contributed by atoms with van der Waals surface area (Å²) >= 11 is 1.37. The monoisotopic (exact) mass is 262 g/mol. The van der Waals surface area contributed by atoms with E-state index < -0.39 is 0 Å². The molecule has 17 heavy (non-hydrogen) atoms. The molecule has 0 fully saturated rings. The Kier molecular flexibility index (Phi) is 14.0. The van der Waals surface area contributed by atoms with Crippen molar-refractivity contribution < 1.29 is 14.3 Å². The number of ether oxygens (including phenoxy) is 2. The highest BCUT2D eigenvalue weighted by molar-refractivity contribution is 8.13. The van der Waals surface area contributed by atoms with E-state index in [-0.39, 0.29) is 11.7 Å². The molecule has 3 nitrogen and oxygen atoms in total. The third-order valence-corrected chi connectivity index (χ3v) is 3.21. The van der Waals surface area contributed by atoms with Crippen LogP contribution in [0.5, 0.6) is 0 Å². The number of rotatable bonds is 12. The average molecular weight is 262 g/mol. The molecule has 0 aromatic rings. The first-order valence-electron chi connectivity index (χ1n) is 6.62. The molecule has 0 aliphatic carbocycles. The first-order valence-corrected chi connectivity index (χ1v) is 7.60. The third kappa shape index (κ3) is 13.9. The van der Waals surface area contributed by atoms with E-state index in [4.69, 9.17) is 9.47 Å². The van der Waals surface area contributed by atoms with Crippen molar-refractivity contribution in [3.8, 4) is 0 Å². The number of thioether (sulfide) groups is 1. The van der Waals surface area contributed by atoms with Crippen LogP contribution in [0.4, 0.5) is 0 Å². The Morgan fingerprint density at radius 1 is 0.941 bits per heavy atom. The van der Waals surface area contributed by atoms with Gasteiger partial charge in [-0.25, -0.2) is 0 Å². The van der Waals surface area contributed by atoms with E-state index in [2.05, 4.69) is 13.8 Å². The predicted octanol–water partition coefficient (Wildman–Crippen LogP) is 3.27. The van der Waals surface area contributed by atoms with E-state index in [1.165, 1.54) is 18.2 Å². The summed E-state index contributed by atoms with van der Waals surface area (Å²) in [6.07, 6.45) is 5.34. The van der Waals surface area contributed by atoms with Crippen LogP contribution in [0.2, 0.25) is 0 Å². The molecule has 0 aliphatic heterocycles. The van der Waals surface area contributed by atoms with Crippen molar-refractivity contribution in [2.75, 3.05) is 32.2 Å². The van der Waals surface area contributed by atoms with Gasteiger partial charge in [0.05, 0.1) is 0 Å². The Hall–Kier alpha value is -0.0600. The highest BCUT2D eigenvalue weighted by Gasteiger charge is 2.01.